The van der Waals surface area contributed by atoms with Crippen molar-refractivity contribution in [2.75, 3.05) is 12.4 Å². The molecule has 164 valence electrons. The third-order valence-corrected chi connectivity index (χ3v) is 5.31. The van der Waals surface area contributed by atoms with Gasteiger partial charge in [0.05, 0.1) is 18.2 Å². The molecule has 2 aromatic carbocycles. The predicted molar refractivity (Wildman–Crippen MR) is 124 cm³/mol. The van der Waals surface area contributed by atoms with Gasteiger partial charge in [0.2, 0.25) is 5.95 Å². The lowest BCUT2D eigenvalue weighted by Crippen LogP contribution is -2.13. The Bertz CT molecular complexity index is 1280. The molecule has 0 aliphatic heterocycles. The Morgan fingerprint density at radius 3 is 2.50 bits per heavy atom. The molecule has 0 spiro atoms. The van der Waals surface area contributed by atoms with E-state index in [0.29, 0.717) is 29.1 Å². The van der Waals surface area contributed by atoms with Gasteiger partial charge >= 0.3 is 6.01 Å². The zero-order chi connectivity index (χ0) is 22.8. The Morgan fingerprint density at radius 1 is 1.09 bits per heavy atom. The standard InChI is InChI=1S/C24H26N6O2/c1-14(2)19-15(3)27-23(29-22(19)26-13-16-9-6-5-7-10-16)30-18-12-8-11-17(21(25)31)20(18)28-24(30)32-4/h5-12,14H,13H2,1-4H3,(H2,25,31)(H,26,27,29). The summed E-state index contributed by atoms with van der Waals surface area (Å²) in [5.41, 5.74) is 10.0. The molecule has 0 aliphatic carbocycles. The third kappa shape index (κ3) is 3.87. The highest BCUT2D eigenvalue weighted by Crippen LogP contribution is 2.31. The number of carbonyl (C=O) groups is 1. The SMILES string of the molecule is COc1nc2c(C(N)=O)cccc2n1-c1nc(C)c(C(C)C)c(NCc2ccccc2)n1. The molecule has 4 rings (SSSR count). The molecule has 1 amide bonds. The lowest BCUT2D eigenvalue weighted by molar-refractivity contribution is 0.100. The molecule has 32 heavy (non-hydrogen) atoms. The van der Waals surface area contributed by atoms with Crippen LogP contribution < -0.4 is 15.8 Å². The fourth-order valence-corrected chi connectivity index (χ4v) is 3.88. The van der Waals surface area contributed by atoms with E-state index in [0.717, 1.165) is 22.6 Å². The number of nitrogens with zero attached hydrogens (tertiary/aromatic N) is 4. The van der Waals surface area contributed by atoms with E-state index in [1.165, 1.54) is 7.11 Å². The summed E-state index contributed by atoms with van der Waals surface area (Å²) in [6.07, 6.45) is 0. The zero-order valence-corrected chi connectivity index (χ0v) is 18.6. The number of fused-ring (bicyclic) bond motifs is 1. The van der Waals surface area contributed by atoms with Gasteiger partial charge in [0.15, 0.2) is 0 Å². The summed E-state index contributed by atoms with van der Waals surface area (Å²) in [6.45, 7) is 6.83. The van der Waals surface area contributed by atoms with Crippen LogP contribution in [0, 0.1) is 6.92 Å². The third-order valence-electron chi connectivity index (χ3n) is 5.31. The Morgan fingerprint density at radius 2 is 1.84 bits per heavy atom. The number of methoxy groups -OCH3 is 1. The molecule has 8 nitrogen and oxygen atoms in total. The maximum atomic E-state index is 11.9. The molecule has 0 radical (unpaired) electrons. The molecule has 0 atom stereocenters. The Balaban J connectivity index is 1.87. The van der Waals surface area contributed by atoms with Crippen molar-refractivity contribution >= 4 is 22.8 Å². The molecular weight excluding hydrogens is 404 g/mol. The van der Waals surface area contributed by atoms with Gasteiger partial charge in [-0.15, -0.1) is 0 Å². The van der Waals surface area contributed by atoms with Gasteiger partial charge in [0, 0.05) is 17.8 Å². The van der Waals surface area contributed by atoms with E-state index in [9.17, 15) is 4.79 Å². The number of hydrogen-bond acceptors (Lipinski definition) is 6. The molecule has 0 bridgehead atoms. The van der Waals surface area contributed by atoms with Gasteiger partial charge in [0.1, 0.15) is 11.3 Å². The summed E-state index contributed by atoms with van der Waals surface area (Å²) >= 11 is 0. The molecule has 0 saturated carbocycles. The topological polar surface area (TPSA) is 108 Å². The highest BCUT2D eigenvalue weighted by molar-refractivity contribution is 6.04. The molecular formula is C24H26N6O2. The van der Waals surface area contributed by atoms with Gasteiger partial charge in [-0.3, -0.25) is 4.79 Å². The van der Waals surface area contributed by atoms with Crippen LogP contribution in [-0.2, 0) is 6.54 Å². The van der Waals surface area contributed by atoms with Crippen molar-refractivity contribution in [3.8, 4) is 12.0 Å². The van der Waals surface area contributed by atoms with Crippen molar-refractivity contribution in [3.63, 3.8) is 0 Å². The fourth-order valence-electron chi connectivity index (χ4n) is 3.88. The van der Waals surface area contributed by atoms with Crippen LogP contribution in [0.15, 0.2) is 48.5 Å². The molecule has 0 unspecified atom stereocenters. The highest BCUT2D eigenvalue weighted by Gasteiger charge is 2.22. The van der Waals surface area contributed by atoms with Crippen LogP contribution in [0.25, 0.3) is 17.0 Å². The van der Waals surface area contributed by atoms with Gasteiger partial charge in [-0.1, -0.05) is 50.2 Å². The number of rotatable bonds is 7. The summed E-state index contributed by atoms with van der Waals surface area (Å²) in [7, 11) is 1.52. The molecule has 2 heterocycles. The average molecular weight is 431 g/mol. The van der Waals surface area contributed by atoms with Gasteiger partial charge in [-0.05, 0) is 30.5 Å². The summed E-state index contributed by atoms with van der Waals surface area (Å²) in [4.78, 5) is 26.0. The van der Waals surface area contributed by atoms with Crippen molar-refractivity contribution in [2.24, 2.45) is 5.73 Å². The second-order valence-electron chi connectivity index (χ2n) is 7.84. The number of amides is 1. The second kappa shape index (κ2) is 8.66. The smallest absolute Gasteiger partial charge is 0.304 e. The molecule has 0 fully saturated rings. The number of ether oxygens (including phenoxy) is 1. The minimum atomic E-state index is -0.555. The zero-order valence-electron chi connectivity index (χ0n) is 18.6. The summed E-state index contributed by atoms with van der Waals surface area (Å²) in [5.74, 6) is 0.829. The quantitative estimate of drug-likeness (QED) is 0.459. The van der Waals surface area contributed by atoms with E-state index in [1.54, 1.807) is 16.7 Å². The van der Waals surface area contributed by atoms with Gasteiger partial charge in [-0.2, -0.15) is 9.97 Å². The largest absolute Gasteiger partial charge is 0.468 e. The summed E-state index contributed by atoms with van der Waals surface area (Å²) in [6, 6.07) is 15.6. The number of aryl methyl sites for hydroxylation is 1. The predicted octanol–water partition coefficient (Wildman–Crippen LogP) is 3.97. The van der Waals surface area contributed by atoms with Crippen molar-refractivity contribution in [3.05, 3.63) is 70.9 Å². The lowest BCUT2D eigenvalue weighted by atomic mass is 10.0. The van der Waals surface area contributed by atoms with Crippen LogP contribution in [0.2, 0.25) is 0 Å². The molecule has 0 saturated heterocycles. The Hall–Kier alpha value is -3.94. The number of anilines is 1. The van der Waals surface area contributed by atoms with Gasteiger partial charge in [0.25, 0.3) is 5.91 Å². The van der Waals surface area contributed by atoms with Gasteiger partial charge in [-0.25, -0.2) is 9.55 Å². The maximum Gasteiger partial charge on any atom is 0.304 e. The van der Waals surface area contributed by atoms with Crippen molar-refractivity contribution in [1.82, 2.24) is 19.5 Å². The number of benzene rings is 2. The first-order valence-corrected chi connectivity index (χ1v) is 10.4. The lowest BCUT2D eigenvalue weighted by Gasteiger charge is -2.18. The van der Waals surface area contributed by atoms with Crippen molar-refractivity contribution in [1.29, 1.82) is 0 Å². The van der Waals surface area contributed by atoms with E-state index >= 15 is 0 Å². The van der Waals surface area contributed by atoms with E-state index in [-0.39, 0.29) is 11.9 Å². The molecule has 2 aromatic heterocycles. The van der Waals surface area contributed by atoms with Crippen molar-refractivity contribution in [2.45, 2.75) is 33.2 Å². The number of nitrogens with two attached hydrogens (primary N) is 1. The second-order valence-corrected chi connectivity index (χ2v) is 7.84. The highest BCUT2D eigenvalue weighted by atomic mass is 16.5. The minimum absolute atomic E-state index is 0.227. The van der Waals surface area contributed by atoms with Gasteiger partial charge < -0.3 is 15.8 Å². The molecule has 0 aliphatic rings. The number of nitrogens with one attached hydrogen (secondary N) is 1. The summed E-state index contributed by atoms with van der Waals surface area (Å²) in [5, 5.41) is 3.47. The van der Waals surface area contributed by atoms with Crippen LogP contribution in [0.5, 0.6) is 6.01 Å². The van der Waals surface area contributed by atoms with E-state index < -0.39 is 5.91 Å². The van der Waals surface area contributed by atoms with Crippen LogP contribution in [0.3, 0.4) is 0 Å². The normalized spacial score (nSPS) is 11.2. The van der Waals surface area contributed by atoms with Crippen LogP contribution in [0.1, 0.15) is 46.9 Å². The van der Waals surface area contributed by atoms with Crippen LogP contribution in [-0.4, -0.2) is 32.5 Å². The summed E-state index contributed by atoms with van der Waals surface area (Å²) < 4.78 is 7.21. The first kappa shape index (κ1) is 21.3. The molecule has 3 N–H and O–H groups in total. The first-order valence-electron chi connectivity index (χ1n) is 10.4. The number of para-hydroxylation sites is 1. The number of hydrogen-bond donors (Lipinski definition) is 2. The Labute approximate surface area is 186 Å². The molecule has 4 aromatic rings. The van der Waals surface area contributed by atoms with E-state index in [4.69, 9.17) is 20.4 Å². The minimum Gasteiger partial charge on any atom is -0.468 e. The monoisotopic (exact) mass is 430 g/mol. The van der Waals surface area contributed by atoms with Crippen LogP contribution >= 0.6 is 0 Å². The van der Waals surface area contributed by atoms with Crippen LogP contribution in [0.4, 0.5) is 5.82 Å². The first-order chi connectivity index (χ1) is 15.4. The maximum absolute atomic E-state index is 11.9. The fraction of sp³-hybridized carbons (Fsp3) is 0.250. The number of aromatic nitrogens is 4. The number of imidazole rings is 1. The molecule has 8 heteroatoms. The number of carbonyl (C=O) groups excluding carboxylic acids is 1. The average Bonchev–Trinajstić information content (AvgIpc) is 3.16. The van der Waals surface area contributed by atoms with Crippen molar-refractivity contribution < 1.29 is 9.53 Å². The van der Waals surface area contributed by atoms with E-state index in [2.05, 4.69) is 36.3 Å². The Kier molecular flexibility index (Phi) is 5.77. The number of primary amides is 1. The van der Waals surface area contributed by atoms with E-state index in [1.807, 2.05) is 31.2 Å².